The summed E-state index contributed by atoms with van der Waals surface area (Å²) in [5, 5.41) is 0. The first-order valence-corrected chi connectivity index (χ1v) is 9.66. The zero-order chi connectivity index (χ0) is 18.0. The number of nitrogens with zero attached hydrogens (tertiary/aromatic N) is 3. The first-order chi connectivity index (χ1) is 11.1. The Morgan fingerprint density at radius 3 is 2.38 bits per heavy atom. The zero-order valence-electron chi connectivity index (χ0n) is 13.8. The van der Waals surface area contributed by atoms with E-state index in [2.05, 4.69) is 11.9 Å². The molecule has 0 bridgehead atoms. The lowest BCUT2D eigenvalue weighted by molar-refractivity contribution is -0.0496. The number of guanidine groups is 1. The minimum Gasteiger partial charge on any atom is -0.370 e. The average Bonchev–Trinajstić information content (AvgIpc) is 2.52. The summed E-state index contributed by atoms with van der Waals surface area (Å²) in [7, 11) is -5.21. The minimum absolute atomic E-state index is 0.0606. The normalized spacial score (nSPS) is 25.9. The van der Waals surface area contributed by atoms with E-state index in [4.69, 9.17) is 5.73 Å². The third kappa shape index (κ3) is 4.53. The van der Waals surface area contributed by atoms with Gasteiger partial charge in [0.1, 0.15) is 0 Å². The van der Waals surface area contributed by atoms with Crippen molar-refractivity contribution in [2.75, 3.05) is 32.7 Å². The lowest BCUT2D eigenvalue weighted by Crippen LogP contribution is -2.46. The summed E-state index contributed by atoms with van der Waals surface area (Å²) in [4.78, 5) is 6.41. The Hall–Kier alpha value is -1.03. The van der Waals surface area contributed by atoms with Gasteiger partial charge in [-0.15, -0.1) is 0 Å². The van der Waals surface area contributed by atoms with Gasteiger partial charge in [0, 0.05) is 32.7 Å². The van der Waals surface area contributed by atoms with E-state index < -0.39 is 15.5 Å². The van der Waals surface area contributed by atoms with E-state index in [-0.39, 0.29) is 19.0 Å². The molecule has 2 N–H and O–H groups in total. The van der Waals surface area contributed by atoms with Crippen molar-refractivity contribution in [2.24, 2.45) is 22.6 Å². The van der Waals surface area contributed by atoms with Gasteiger partial charge < -0.3 is 10.6 Å². The molecular weight excluding hydrogens is 345 g/mol. The molecule has 0 aromatic carbocycles. The molecule has 2 saturated heterocycles. The number of halogens is 3. The smallest absolute Gasteiger partial charge is 0.370 e. The molecular formula is C14H25F3N4O2S. The van der Waals surface area contributed by atoms with Crippen LogP contribution < -0.4 is 5.73 Å². The molecule has 24 heavy (non-hydrogen) atoms. The van der Waals surface area contributed by atoms with Crippen molar-refractivity contribution >= 4 is 16.0 Å². The van der Waals surface area contributed by atoms with Gasteiger partial charge in [0.05, 0.1) is 0 Å². The van der Waals surface area contributed by atoms with Crippen molar-refractivity contribution in [1.29, 1.82) is 0 Å². The molecule has 0 spiro atoms. The van der Waals surface area contributed by atoms with Gasteiger partial charge in [0.25, 0.3) is 0 Å². The number of rotatable bonds is 3. The molecule has 140 valence electrons. The van der Waals surface area contributed by atoms with E-state index in [0.717, 1.165) is 19.5 Å². The second-order valence-electron chi connectivity index (χ2n) is 6.69. The van der Waals surface area contributed by atoms with E-state index in [1.165, 1.54) is 6.42 Å². The van der Waals surface area contributed by atoms with Crippen LogP contribution in [-0.4, -0.2) is 61.8 Å². The largest absolute Gasteiger partial charge is 0.511 e. The van der Waals surface area contributed by atoms with Crippen molar-refractivity contribution in [3.63, 3.8) is 0 Å². The molecule has 6 nitrogen and oxygen atoms in total. The van der Waals surface area contributed by atoms with Gasteiger partial charge >= 0.3 is 15.5 Å². The Balaban J connectivity index is 1.84. The molecule has 1 atom stereocenters. The Morgan fingerprint density at radius 1 is 1.21 bits per heavy atom. The Kier molecular flexibility index (Phi) is 6.00. The Bertz CT molecular complexity index is 557. The number of sulfonamides is 1. The Labute approximate surface area is 140 Å². The van der Waals surface area contributed by atoms with Crippen molar-refractivity contribution in [2.45, 2.75) is 38.1 Å². The molecule has 2 fully saturated rings. The van der Waals surface area contributed by atoms with Crippen LogP contribution in [0.25, 0.3) is 0 Å². The molecule has 2 aliphatic rings. The highest BCUT2D eigenvalue weighted by Gasteiger charge is 2.50. The van der Waals surface area contributed by atoms with E-state index in [1.54, 1.807) is 0 Å². The summed E-state index contributed by atoms with van der Waals surface area (Å²) in [5.74, 6) is 1.11. The highest BCUT2D eigenvalue weighted by atomic mass is 32.2. The van der Waals surface area contributed by atoms with Gasteiger partial charge in [-0.1, -0.05) is 6.92 Å². The van der Waals surface area contributed by atoms with Crippen molar-refractivity contribution in [3.8, 4) is 0 Å². The molecule has 0 amide bonds. The van der Waals surface area contributed by atoms with Crippen LogP contribution in [0.4, 0.5) is 13.2 Å². The molecule has 0 aromatic rings. The van der Waals surface area contributed by atoms with Crippen LogP contribution in [0.2, 0.25) is 0 Å². The zero-order valence-corrected chi connectivity index (χ0v) is 14.6. The first-order valence-electron chi connectivity index (χ1n) is 8.22. The number of nitrogens with two attached hydrogens (primary N) is 1. The number of hydrogen-bond donors (Lipinski definition) is 1. The van der Waals surface area contributed by atoms with Gasteiger partial charge in [-0.05, 0) is 37.5 Å². The molecule has 0 aromatic heterocycles. The third-order valence-electron chi connectivity index (χ3n) is 4.70. The van der Waals surface area contributed by atoms with Gasteiger partial charge in [0.2, 0.25) is 0 Å². The van der Waals surface area contributed by atoms with Crippen LogP contribution in [-0.2, 0) is 10.0 Å². The van der Waals surface area contributed by atoms with Crippen molar-refractivity contribution in [3.05, 3.63) is 0 Å². The summed E-state index contributed by atoms with van der Waals surface area (Å²) in [5.41, 5.74) is 0.774. The minimum atomic E-state index is -5.23. The summed E-state index contributed by atoms with van der Waals surface area (Å²) in [6, 6.07) is 0. The van der Waals surface area contributed by atoms with Gasteiger partial charge in [-0.25, -0.2) is 8.42 Å². The maximum absolute atomic E-state index is 12.5. The standard InChI is InChI=1S/C14H25F3N4O2S/c1-11-3-2-6-20(10-11)13(18)19-9-12-4-7-21(8-5-12)24(22,23)14(15,16)17/h11-12H,2-10H2,1H3,(H2,18,19). The van der Waals surface area contributed by atoms with Crippen molar-refractivity contribution < 1.29 is 21.6 Å². The number of hydrogen-bond acceptors (Lipinski definition) is 3. The maximum Gasteiger partial charge on any atom is 0.511 e. The molecule has 0 aliphatic carbocycles. The molecule has 2 heterocycles. The predicted molar refractivity (Wildman–Crippen MR) is 85.7 cm³/mol. The molecule has 10 heteroatoms. The van der Waals surface area contributed by atoms with Crippen LogP contribution in [0.1, 0.15) is 32.6 Å². The summed E-state index contributed by atoms with van der Waals surface area (Å²) >= 11 is 0. The maximum atomic E-state index is 12.5. The van der Waals surface area contributed by atoms with Crippen LogP contribution in [0.3, 0.4) is 0 Å². The first kappa shape index (κ1) is 19.3. The van der Waals surface area contributed by atoms with Crippen molar-refractivity contribution in [1.82, 2.24) is 9.21 Å². The molecule has 2 rings (SSSR count). The number of alkyl halides is 3. The van der Waals surface area contributed by atoms with Gasteiger partial charge in [-0.3, -0.25) is 4.99 Å². The lowest BCUT2D eigenvalue weighted by atomic mass is 9.98. The monoisotopic (exact) mass is 370 g/mol. The van der Waals surface area contributed by atoms with Crippen LogP contribution >= 0.6 is 0 Å². The second kappa shape index (κ2) is 7.47. The fourth-order valence-electron chi connectivity index (χ4n) is 3.20. The van der Waals surface area contributed by atoms with Gasteiger partial charge in [-0.2, -0.15) is 17.5 Å². The summed E-state index contributed by atoms with van der Waals surface area (Å²) in [6.07, 6.45) is 2.98. The molecule has 0 saturated carbocycles. The van der Waals surface area contributed by atoms with E-state index >= 15 is 0 Å². The highest BCUT2D eigenvalue weighted by molar-refractivity contribution is 7.90. The fourth-order valence-corrected chi connectivity index (χ4v) is 4.18. The van der Waals surface area contributed by atoms with Crippen LogP contribution in [0.15, 0.2) is 4.99 Å². The lowest BCUT2D eigenvalue weighted by Gasteiger charge is -2.33. The molecule has 1 unspecified atom stereocenters. The highest BCUT2D eigenvalue weighted by Crippen LogP contribution is 2.30. The summed E-state index contributed by atoms with van der Waals surface area (Å²) in [6.45, 7) is 4.10. The fraction of sp³-hybridized carbons (Fsp3) is 0.929. The predicted octanol–water partition coefficient (Wildman–Crippen LogP) is 1.59. The van der Waals surface area contributed by atoms with E-state index in [9.17, 15) is 21.6 Å². The quantitative estimate of drug-likeness (QED) is 0.604. The van der Waals surface area contributed by atoms with Crippen LogP contribution in [0, 0.1) is 11.8 Å². The third-order valence-corrected chi connectivity index (χ3v) is 6.33. The topological polar surface area (TPSA) is 79.0 Å². The number of likely N-dealkylation sites (tertiary alicyclic amines) is 1. The average molecular weight is 370 g/mol. The van der Waals surface area contributed by atoms with E-state index in [1.807, 2.05) is 4.90 Å². The summed E-state index contributed by atoms with van der Waals surface area (Å²) < 4.78 is 60.8. The number of piperidine rings is 2. The SMILES string of the molecule is CC1CCCN(C(N)=NCC2CCN(S(=O)(=O)C(F)(F)F)CC2)C1. The van der Waals surface area contributed by atoms with Crippen LogP contribution in [0.5, 0.6) is 0 Å². The second-order valence-corrected chi connectivity index (χ2v) is 8.61. The Morgan fingerprint density at radius 2 is 1.83 bits per heavy atom. The number of aliphatic imine (C=N–C) groups is 1. The van der Waals surface area contributed by atoms with E-state index in [0.29, 0.717) is 35.6 Å². The molecule has 2 aliphatic heterocycles. The molecule has 0 radical (unpaired) electrons. The van der Waals surface area contributed by atoms with Gasteiger partial charge in [0.15, 0.2) is 5.96 Å².